The van der Waals surface area contributed by atoms with Gasteiger partial charge in [-0.2, -0.15) is 5.10 Å². The van der Waals surface area contributed by atoms with E-state index in [1.165, 1.54) is 18.4 Å². The molecule has 0 spiro atoms. The van der Waals surface area contributed by atoms with Gasteiger partial charge in [0.2, 0.25) is 0 Å². The Morgan fingerprint density at radius 1 is 1.64 bits per heavy atom. The summed E-state index contributed by atoms with van der Waals surface area (Å²) in [7, 11) is 3.30. The second-order valence-corrected chi connectivity index (χ2v) is 7.34. The van der Waals surface area contributed by atoms with Crippen LogP contribution in [0, 0.1) is 10.9 Å². The van der Waals surface area contributed by atoms with E-state index in [2.05, 4.69) is 5.10 Å². The first-order valence-electron chi connectivity index (χ1n) is 6.42. The number of aromatic nitrogens is 2. The number of esters is 1. The number of carbonyl (C=O) groups is 1. The molecule has 0 atom stereocenters. The van der Waals surface area contributed by atoms with Gasteiger partial charge in [0.25, 0.3) is 0 Å². The molecule has 0 aliphatic carbocycles. The zero-order chi connectivity index (χ0) is 16.3. The maximum Gasteiger partial charge on any atom is 0.341 e. The lowest BCUT2D eigenvalue weighted by molar-refractivity contribution is 0.0599. The lowest BCUT2D eigenvalue weighted by Gasteiger charge is -2.14. The molecule has 0 N–H and O–H groups in total. The van der Waals surface area contributed by atoms with Crippen LogP contribution in [0.4, 0.5) is 0 Å². The average molecular weight is 359 g/mol. The van der Waals surface area contributed by atoms with E-state index in [0.29, 0.717) is 30.3 Å². The lowest BCUT2D eigenvalue weighted by Crippen LogP contribution is -2.22. The minimum Gasteiger partial charge on any atom is -0.465 e. The van der Waals surface area contributed by atoms with Crippen molar-refractivity contribution in [1.29, 1.82) is 0 Å². The van der Waals surface area contributed by atoms with Crippen molar-refractivity contribution in [1.82, 2.24) is 14.7 Å². The van der Waals surface area contributed by atoms with Crippen molar-refractivity contribution in [2.75, 3.05) is 20.4 Å². The van der Waals surface area contributed by atoms with Crippen molar-refractivity contribution in [2.24, 2.45) is 0 Å². The predicted octanol–water partition coefficient (Wildman–Crippen LogP) is 3.17. The Hall–Kier alpha value is -1.16. The fraction of sp³-hybridized carbons (Fsp3) is 0.462. The number of rotatable bonds is 6. The second kappa shape index (κ2) is 7.40. The Labute approximate surface area is 142 Å². The third-order valence-electron chi connectivity index (χ3n) is 2.94. The zero-order valence-electron chi connectivity index (χ0n) is 12.8. The fourth-order valence-electron chi connectivity index (χ4n) is 1.94. The maximum absolute atomic E-state index is 11.6. The Kier molecular flexibility index (Phi) is 5.79. The Balaban J connectivity index is 2.05. The Morgan fingerprint density at radius 3 is 2.95 bits per heavy atom. The molecule has 0 amide bonds. The van der Waals surface area contributed by atoms with E-state index in [1.54, 1.807) is 29.4 Å². The molecule has 9 heteroatoms. The molecular formula is C13H17N3O3S3. The molecule has 2 aromatic heterocycles. The molecule has 0 aliphatic rings. The van der Waals surface area contributed by atoms with Gasteiger partial charge >= 0.3 is 5.97 Å². The highest BCUT2D eigenvalue weighted by Crippen LogP contribution is 2.20. The molecule has 2 aromatic rings. The number of hydrogen-bond donors (Lipinski definition) is 0. The van der Waals surface area contributed by atoms with Gasteiger partial charge in [-0.1, -0.05) is 23.1 Å². The Bertz CT molecular complexity index is 720. The van der Waals surface area contributed by atoms with Crippen LogP contribution in [0.15, 0.2) is 14.8 Å². The summed E-state index contributed by atoms with van der Waals surface area (Å²) in [4.78, 5) is 13.6. The monoisotopic (exact) mass is 359 g/mol. The standard InChI is InChI=1S/C13H17N3O3S3/c1-8-10(11(17)18-3)5-9(19-8)6-15(2)7-16-13(20)22-12(14-16)21-4/h5H,6-7H2,1-4H3. The molecule has 0 bridgehead atoms. The summed E-state index contributed by atoms with van der Waals surface area (Å²) < 4.78 is 13.8. The molecule has 22 heavy (non-hydrogen) atoms. The number of ether oxygens (including phenoxy) is 1. The maximum atomic E-state index is 11.6. The van der Waals surface area contributed by atoms with Gasteiger partial charge in [0, 0.05) is 0 Å². The van der Waals surface area contributed by atoms with Gasteiger partial charge in [-0.25, -0.2) is 9.48 Å². The summed E-state index contributed by atoms with van der Waals surface area (Å²) in [5.74, 6) is 0.874. The van der Waals surface area contributed by atoms with Crippen LogP contribution in [-0.2, 0) is 18.0 Å². The quantitative estimate of drug-likeness (QED) is 0.446. The van der Waals surface area contributed by atoms with Crippen LogP contribution in [0.2, 0.25) is 0 Å². The Morgan fingerprint density at radius 2 is 2.36 bits per heavy atom. The van der Waals surface area contributed by atoms with E-state index in [1.807, 2.05) is 18.2 Å². The normalized spacial score (nSPS) is 11.1. The van der Waals surface area contributed by atoms with Crippen LogP contribution in [-0.4, -0.2) is 41.1 Å². The van der Waals surface area contributed by atoms with E-state index in [4.69, 9.17) is 21.4 Å². The molecule has 0 unspecified atom stereocenters. The highest BCUT2D eigenvalue weighted by Gasteiger charge is 2.16. The topological polar surface area (TPSA) is 60.5 Å². The molecule has 6 nitrogen and oxygen atoms in total. The summed E-state index contributed by atoms with van der Waals surface area (Å²) in [6, 6.07) is 1.71. The van der Waals surface area contributed by atoms with Crippen LogP contribution in [0.3, 0.4) is 0 Å². The zero-order valence-corrected chi connectivity index (χ0v) is 15.2. The minimum absolute atomic E-state index is 0.388. The largest absolute Gasteiger partial charge is 0.465 e. The predicted molar refractivity (Wildman–Crippen MR) is 89.0 cm³/mol. The van der Waals surface area contributed by atoms with E-state index < -0.39 is 0 Å². The molecule has 0 aromatic carbocycles. The van der Waals surface area contributed by atoms with Crippen molar-refractivity contribution >= 4 is 41.3 Å². The van der Waals surface area contributed by atoms with Crippen molar-refractivity contribution in [3.8, 4) is 0 Å². The molecule has 0 saturated heterocycles. The van der Waals surface area contributed by atoms with Crippen LogP contribution in [0.1, 0.15) is 21.9 Å². The van der Waals surface area contributed by atoms with Crippen LogP contribution in [0.25, 0.3) is 0 Å². The fourth-order valence-corrected chi connectivity index (χ4v) is 3.67. The highest BCUT2D eigenvalue weighted by atomic mass is 32.2. The highest BCUT2D eigenvalue weighted by molar-refractivity contribution is 8.00. The number of carbonyl (C=O) groups excluding carboxylic acids is 1. The van der Waals surface area contributed by atoms with Gasteiger partial charge in [0.1, 0.15) is 17.1 Å². The smallest absolute Gasteiger partial charge is 0.341 e. The third-order valence-corrected chi connectivity index (χ3v) is 5.22. The number of hydrogen-bond acceptors (Lipinski definition) is 8. The summed E-state index contributed by atoms with van der Waals surface area (Å²) in [6.07, 6.45) is 1.97. The van der Waals surface area contributed by atoms with Crippen molar-refractivity contribution in [2.45, 2.75) is 24.5 Å². The number of nitrogens with zero attached hydrogens (tertiary/aromatic N) is 3. The number of aryl methyl sites for hydroxylation is 1. The van der Waals surface area contributed by atoms with E-state index in [9.17, 15) is 4.79 Å². The SMILES string of the molecule is COC(=O)c1cc(CN(C)Cn2nc(SC)sc2=S)oc1C. The summed E-state index contributed by atoms with van der Waals surface area (Å²) in [5.41, 5.74) is 0.459. The van der Waals surface area contributed by atoms with Crippen molar-refractivity contribution < 1.29 is 13.9 Å². The number of methoxy groups -OCH3 is 1. The average Bonchev–Trinajstić information content (AvgIpc) is 3.01. The van der Waals surface area contributed by atoms with Gasteiger partial charge in [0.05, 0.1) is 20.3 Å². The van der Waals surface area contributed by atoms with Crippen molar-refractivity contribution in [3.05, 3.63) is 27.1 Å². The molecule has 0 saturated carbocycles. The number of thioether (sulfide) groups is 1. The van der Waals surface area contributed by atoms with Gasteiger partial charge in [-0.3, -0.25) is 4.90 Å². The summed E-state index contributed by atoms with van der Waals surface area (Å²) in [5, 5.41) is 4.42. The molecule has 0 radical (unpaired) electrons. The molecule has 2 rings (SSSR count). The molecule has 0 aliphatic heterocycles. The first-order chi connectivity index (χ1) is 10.4. The van der Waals surface area contributed by atoms with E-state index in [0.717, 1.165) is 8.29 Å². The molecule has 2 heterocycles. The van der Waals surface area contributed by atoms with Gasteiger partial charge in [-0.15, -0.1) is 0 Å². The first-order valence-corrected chi connectivity index (χ1v) is 8.87. The summed E-state index contributed by atoms with van der Waals surface area (Å²) >= 11 is 8.36. The van der Waals surface area contributed by atoms with E-state index in [-0.39, 0.29) is 5.97 Å². The third kappa shape index (κ3) is 3.97. The van der Waals surface area contributed by atoms with Crippen LogP contribution in [0.5, 0.6) is 0 Å². The second-order valence-electron chi connectivity index (χ2n) is 4.67. The van der Waals surface area contributed by atoms with Gasteiger partial charge in [0.15, 0.2) is 8.29 Å². The lowest BCUT2D eigenvalue weighted by atomic mass is 10.2. The van der Waals surface area contributed by atoms with E-state index >= 15 is 0 Å². The van der Waals surface area contributed by atoms with Crippen molar-refractivity contribution in [3.63, 3.8) is 0 Å². The van der Waals surface area contributed by atoms with Crippen LogP contribution < -0.4 is 0 Å². The summed E-state index contributed by atoms with van der Waals surface area (Å²) in [6.45, 7) is 2.85. The molecule has 120 valence electrons. The van der Waals surface area contributed by atoms with Gasteiger partial charge < -0.3 is 9.15 Å². The molecule has 0 fully saturated rings. The van der Waals surface area contributed by atoms with Gasteiger partial charge in [-0.05, 0) is 38.5 Å². The first kappa shape index (κ1) is 17.2. The number of furan rings is 1. The molecular weight excluding hydrogens is 342 g/mol. The minimum atomic E-state index is -0.388. The van der Waals surface area contributed by atoms with Crippen LogP contribution >= 0.6 is 35.3 Å².